The summed E-state index contributed by atoms with van der Waals surface area (Å²) in [5, 5.41) is 11.9. The minimum absolute atomic E-state index is 0.0286. The van der Waals surface area contributed by atoms with Crippen LogP contribution in [0.5, 0.6) is 0 Å². The van der Waals surface area contributed by atoms with E-state index in [0.717, 1.165) is 22.3 Å². The number of likely N-dealkylation sites (tertiary alicyclic amines) is 1. The summed E-state index contributed by atoms with van der Waals surface area (Å²) in [5.74, 6) is -6.26. The van der Waals surface area contributed by atoms with E-state index in [-0.39, 0.29) is 12.5 Å². The van der Waals surface area contributed by atoms with Crippen LogP contribution in [0.15, 0.2) is 48.5 Å². The van der Waals surface area contributed by atoms with Crippen molar-refractivity contribution < 1.29 is 33.0 Å². The Morgan fingerprint density at radius 1 is 1.11 bits per heavy atom. The van der Waals surface area contributed by atoms with E-state index < -0.39 is 54.9 Å². The van der Waals surface area contributed by atoms with Crippen LogP contribution in [0.4, 0.5) is 13.6 Å². The Labute approximate surface area is 202 Å². The Morgan fingerprint density at radius 2 is 1.69 bits per heavy atom. The normalized spacial score (nSPS) is 20.0. The molecule has 1 unspecified atom stereocenters. The average Bonchev–Trinajstić information content (AvgIpc) is 3.34. The number of halogens is 2. The summed E-state index contributed by atoms with van der Waals surface area (Å²) in [6.45, 7) is 2.51. The predicted molar refractivity (Wildman–Crippen MR) is 124 cm³/mol. The summed E-state index contributed by atoms with van der Waals surface area (Å²) in [7, 11) is 0. The Bertz CT molecular complexity index is 1090. The van der Waals surface area contributed by atoms with E-state index in [2.05, 4.69) is 5.32 Å². The first kappa shape index (κ1) is 24.6. The molecule has 1 aliphatic carbocycles. The van der Waals surface area contributed by atoms with E-state index in [1.54, 1.807) is 13.8 Å². The maximum atomic E-state index is 13.9. The molecule has 186 valence electrons. The number of nitrogens with zero attached hydrogens (tertiary/aromatic N) is 1. The van der Waals surface area contributed by atoms with Crippen molar-refractivity contribution in [1.29, 1.82) is 0 Å². The van der Waals surface area contributed by atoms with Gasteiger partial charge in [0.2, 0.25) is 5.91 Å². The quantitative estimate of drug-likeness (QED) is 0.610. The number of carboxylic acid groups (broad SMARTS) is 1. The molecule has 1 aliphatic heterocycles. The highest BCUT2D eigenvalue weighted by Crippen LogP contribution is 2.44. The van der Waals surface area contributed by atoms with Gasteiger partial charge >= 0.3 is 12.1 Å². The Hall–Kier alpha value is -3.49. The Balaban J connectivity index is 1.47. The van der Waals surface area contributed by atoms with Gasteiger partial charge in [0.1, 0.15) is 18.7 Å². The molecule has 2 aromatic rings. The van der Waals surface area contributed by atoms with E-state index in [1.807, 2.05) is 48.5 Å². The summed E-state index contributed by atoms with van der Waals surface area (Å²) in [4.78, 5) is 38.0. The molecule has 2 aliphatic rings. The van der Waals surface area contributed by atoms with Crippen LogP contribution in [-0.2, 0) is 14.3 Å². The van der Waals surface area contributed by atoms with Gasteiger partial charge in [-0.3, -0.25) is 4.79 Å². The van der Waals surface area contributed by atoms with Crippen LogP contribution in [0.1, 0.15) is 43.7 Å². The zero-order valence-corrected chi connectivity index (χ0v) is 19.5. The van der Waals surface area contributed by atoms with Gasteiger partial charge in [0.05, 0.1) is 6.54 Å². The lowest BCUT2D eigenvalue weighted by Gasteiger charge is -2.30. The first-order valence-electron chi connectivity index (χ1n) is 11.7. The number of amides is 2. The van der Waals surface area contributed by atoms with Crippen LogP contribution in [0.3, 0.4) is 0 Å². The average molecular weight is 487 g/mol. The number of benzene rings is 2. The number of carbonyl (C=O) groups excluding carboxylic acids is 2. The van der Waals surface area contributed by atoms with Gasteiger partial charge in [-0.2, -0.15) is 0 Å². The number of ether oxygens (including phenoxy) is 1. The second kappa shape index (κ2) is 9.64. The second-order valence-corrected chi connectivity index (χ2v) is 9.21. The fourth-order valence-corrected chi connectivity index (χ4v) is 4.90. The van der Waals surface area contributed by atoms with Gasteiger partial charge in [-0.25, -0.2) is 18.4 Å². The molecule has 1 fully saturated rings. The standard InChI is InChI=1S/C26H28F2N2O5/c1-3-15(2)22(23(31)30-14-26(27,28)12-21(30)24(32)33)29-25(34)35-13-20-18-10-6-4-8-16(18)17-9-5-7-11-19(17)20/h4-11,15,20-22H,3,12-14H2,1-2H3,(H,29,34)(H,32,33)/t15?,21-,22-/m0/s1. The zero-order chi connectivity index (χ0) is 25.3. The third kappa shape index (κ3) is 4.85. The fraction of sp³-hybridized carbons (Fsp3) is 0.423. The number of rotatable bonds is 7. The molecule has 7 nitrogen and oxygen atoms in total. The molecule has 0 spiro atoms. The monoisotopic (exact) mass is 486 g/mol. The number of carbonyl (C=O) groups is 3. The van der Waals surface area contributed by atoms with Crippen molar-refractivity contribution in [2.45, 2.75) is 50.6 Å². The summed E-state index contributed by atoms with van der Waals surface area (Å²) < 4.78 is 33.4. The van der Waals surface area contributed by atoms with Gasteiger partial charge in [0.25, 0.3) is 5.92 Å². The van der Waals surface area contributed by atoms with Crippen LogP contribution in [0.25, 0.3) is 11.1 Å². The number of alkyl carbamates (subject to hydrolysis) is 1. The molecule has 1 heterocycles. The van der Waals surface area contributed by atoms with Gasteiger partial charge in [0.15, 0.2) is 0 Å². The lowest BCUT2D eigenvalue weighted by atomic mass is 9.97. The Morgan fingerprint density at radius 3 is 2.23 bits per heavy atom. The SMILES string of the molecule is CCC(C)[C@H](NC(=O)OCC1c2ccccc2-c2ccccc21)C(=O)N1CC(F)(F)C[C@H]1C(=O)O. The van der Waals surface area contributed by atoms with Crippen LogP contribution < -0.4 is 5.32 Å². The molecule has 3 atom stereocenters. The zero-order valence-electron chi connectivity index (χ0n) is 19.5. The number of hydrogen-bond acceptors (Lipinski definition) is 4. The lowest BCUT2D eigenvalue weighted by molar-refractivity contribution is -0.149. The number of nitrogens with one attached hydrogen (secondary N) is 1. The molecule has 4 rings (SSSR count). The van der Waals surface area contributed by atoms with Crippen LogP contribution >= 0.6 is 0 Å². The van der Waals surface area contributed by atoms with Gasteiger partial charge in [-0.1, -0.05) is 68.8 Å². The van der Waals surface area contributed by atoms with Crippen LogP contribution in [0, 0.1) is 5.92 Å². The highest BCUT2D eigenvalue weighted by Gasteiger charge is 2.51. The molecule has 1 saturated heterocycles. The topological polar surface area (TPSA) is 95.9 Å². The van der Waals surface area contributed by atoms with Crippen molar-refractivity contribution >= 4 is 18.0 Å². The lowest BCUT2D eigenvalue weighted by Crippen LogP contribution is -2.54. The molecule has 0 bridgehead atoms. The first-order chi connectivity index (χ1) is 16.6. The smallest absolute Gasteiger partial charge is 0.407 e. The molecule has 2 aromatic carbocycles. The summed E-state index contributed by atoms with van der Waals surface area (Å²) in [6, 6.07) is 12.9. The van der Waals surface area contributed by atoms with Gasteiger partial charge in [-0.05, 0) is 28.2 Å². The molecule has 0 radical (unpaired) electrons. The van der Waals surface area contributed by atoms with Crippen molar-refractivity contribution in [3.05, 3.63) is 59.7 Å². The summed E-state index contributed by atoms with van der Waals surface area (Å²) in [6.07, 6.45) is -1.35. The van der Waals surface area contributed by atoms with Crippen molar-refractivity contribution in [2.24, 2.45) is 5.92 Å². The third-order valence-electron chi connectivity index (χ3n) is 6.93. The number of aliphatic carboxylic acids is 1. The summed E-state index contributed by atoms with van der Waals surface area (Å²) in [5.41, 5.74) is 4.19. The van der Waals surface area contributed by atoms with E-state index in [4.69, 9.17) is 4.74 Å². The van der Waals surface area contributed by atoms with E-state index in [0.29, 0.717) is 11.3 Å². The number of carboxylic acids is 1. The molecule has 0 saturated carbocycles. The van der Waals surface area contributed by atoms with E-state index >= 15 is 0 Å². The molecule has 2 amide bonds. The first-order valence-corrected chi connectivity index (χ1v) is 11.7. The van der Waals surface area contributed by atoms with Crippen LogP contribution in [0.2, 0.25) is 0 Å². The molecular formula is C26H28F2N2O5. The highest BCUT2D eigenvalue weighted by atomic mass is 19.3. The van der Waals surface area contributed by atoms with Crippen molar-refractivity contribution in [2.75, 3.05) is 13.2 Å². The van der Waals surface area contributed by atoms with E-state index in [9.17, 15) is 28.3 Å². The number of alkyl halides is 2. The summed E-state index contributed by atoms with van der Waals surface area (Å²) >= 11 is 0. The molecule has 9 heteroatoms. The Kier molecular flexibility index (Phi) is 6.78. The van der Waals surface area contributed by atoms with Crippen molar-refractivity contribution in [3.63, 3.8) is 0 Å². The minimum atomic E-state index is -3.30. The fourth-order valence-electron chi connectivity index (χ4n) is 4.90. The molecular weight excluding hydrogens is 458 g/mol. The second-order valence-electron chi connectivity index (χ2n) is 9.21. The van der Waals surface area contributed by atoms with E-state index in [1.165, 1.54) is 0 Å². The predicted octanol–water partition coefficient (Wildman–Crippen LogP) is 4.26. The number of fused-ring (bicyclic) bond motifs is 3. The highest BCUT2D eigenvalue weighted by molar-refractivity contribution is 5.90. The van der Waals surface area contributed by atoms with Gasteiger partial charge < -0.3 is 20.1 Å². The molecule has 35 heavy (non-hydrogen) atoms. The molecule has 2 N–H and O–H groups in total. The third-order valence-corrected chi connectivity index (χ3v) is 6.93. The minimum Gasteiger partial charge on any atom is -0.480 e. The maximum absolute atomic E-state index is 13.9. The maximum Gasteiger partial charge on any atom is 0.407 e. The molecule has 0 aromatic heterocycles. The van der Waals surface area contributed by atoms with Gasteiger partial charge in [-0.15, -0.1) is 0 Å². The number of hydrogen-bond donors (Lipinski definition) is 2. The van der Waals surface area contributed by atoms with Crippen LogP contribution in [-0.4, -0.2) is 59.1 Å². The van der Waals surface area contributed by atoms with Gasteiger partial charge in [0, 0.05) is 12.3 Å². The largest absolute Gasteiger partial charge is 0.480 e. The van der Waals surface area contributed by atoms with Crippen molar-refractivity contribution in [1.82, 2.24) is 10.2 Å². The van der Waals surface area contributed by atoms with Crippen molar-refractivity contribution in [3.8, 4) is 11.1 Å².